The van der Waals surface area contributed by atoms with Crippen molar-refractivity contribution in [3.63, 3.8) is 0 Å². The Morgan fingerprint density at radius 1 is 1.29 bits per heavy atom. The monoisotopic (exact) mass is 235 g/mol. The number of amides is 1. The molecule has 0 bridgehead atoms. The van der Waals surface area contributed by atoms with Gasteiger partial charge in [0.2, 0.25) is 5.91 Å². The van der Waals surface area contributed by atoms with E-state index in [0.717, 1.165) is 5.56 Å². The molecule has 0 aromatic heterocycles. The molecule has 0 saturated carbocycles. The molecule has 4 heteroatoms. The van der Waals surface area contributed by atoms with Crippen LogP contribution < -0.4 is 5.32 Å². The second-order valence-electron chi connectivity index (χ2n) is 3.74. The highest BCUT2D eigenvalue weighted by Gasteiger charge is 2.15. The topological polar surface area (TPSA) is 55.4 Å². The SMILES string of the molecule is CCC(=O)N[C@@H](C)C(=O)OCc1ccccc1. The highest BCUT2D eigenvalue weighted by molar-refractivity contribution is 5.83. The summed E-state index contributed by atoms with van der Waals surface area (Å²) in [6.07, 6.45) is 0.357. The van der Waals surface area contributed by atoms with E-state index in [1.807, 2.05) is 30.3 Å². The Hall–Kier alpha value is -1.84. The third-order valence-electron chi connectivity index (χ3n) is 2.28. The zero-order chi connectivity index (χ0) is 12.7. The molecule has 1 N–H and O–H groups in total. The van der Waals surface area contributed by atoms with E-state index in [2.05, 4.69) is 5.32 Å². The van der Waals surface area contributed by atoms with Gasteiger partial charge in [0.25, 0.3) is 0 Å². The maximum absolute atomic E-state index is 11.5. The molecule has 0 unspecified atom stereocenters. The Morgan fingerprint density at radius 2 is 1.94 bits per heavy atom. The van der Waals surface area contributed by atoms with Crippen molar-refractivity contribution < 1.29 is 14.3 Å². The molecule has 0 radical (unpaired) electrons. The van der Waals surface area contributed by atoms with Crippen LogP contribution in [0.25, 0.3) is 0 Å². The standard InChI is InChI=1S/C13H17NO3/c1-3-12(15)14-10(2)13(16)17-9-11-7-5-4-6-8-11/h4-8,10H,3,9H2,1-2H3,(H,14,15)/t10-/m0/s1. The van der Waals surface area contributed by atoms with Gasteiger partial charge in [0.1, 0.15) is 12.6 Å². The number of carbonyl (C=O) groups excluding carboxylic acids is 2. The molecule has 1 amide bonds. The van der Waals surface area contributed by atoms with Crippen molar-refractivity contribution in [2.45, 2.75) is 32.9 Å². The van der Waals surface area contributed by atoms with E-state index in [0.29, 0.717) is 6.42 Å². The van der Waals surface area contributed by atoms with Crippen LogP contribution in [0.2, 0.25) is 0 Å². The van der Waals surface area contributed by atoms with Gasteiger partial charge in [-0.25, -0.2) is 4.79 Å². The van der Waals surface area contributed by atoms with Crippen molar-refractivity contribution in [2.24, 2.45) is 0 Å². The van der Waals surface area contributed by atoms with Gasteiger partial charge in [-0.1, -0.05) is 37.3 Å². The van der Waals surface area contributed by atoms with Crippen LogP contribution in [0.15, 0.2) is 30.3 Å². The summed E-state index contributed by atoms with van der Waals surface area (Å²) in [7, 11) is 0. The average molecular weight is 235 g/mol. The highest BCUT2D eigenvalue weighted by Crippen LogP contribution is 2.01. The van der Waals surface area contributed by atoms with Gasteiger partial charge in [-0.2, -0.15) is 0 Å². The quantitative estimate of drug-likeness (QED) is 0.789. The van der Waals surface area contributed by atoms with Crippen LogP contribution in [0.4, 0.5) is 0 Å². The third-order valence-corrected chi connectivity index (χ3v) is 2.28. The lowest BCUT2D eigenvalue weighted by Gasteiger charge is -2.12. The molecule has 0 heterocycles. The summed E-state index contributed by atoms with van der Waals surface area (Å²) >= 11 is 0. The van der Waals surface area contributed by atoms with Gasteiger partial charge < -0.3 is 10.1 Å². The normalized spacial score (nSPS) is 11.6. The summed E-state index contributed by atoms with van der Waals surface area (Å²) in [5, 5.41) is 2.55. The summed E-state index contributed by atoms with van der Waals surface area (Å²) in [4.78, 5) is 22.6. The smallest absolute Gasteiger partial charge is 0.328 e. The Kier molecular flexibility index (Phi) is 5.20. The maximum atomic E-state index is 11.5. The molecule has 0 aliphatic heterocycles. The van der Waals surface area contributed by atoms with E-state index >= 15 is 0 Å². The zero-order valence-corrected chi connectivity index (χ0v) is 10.1. The molecule has 0 saturated heterocycles. The first-order valence-corrected chi connectivity index (χ1v) is 5.63. The number of rotatable bonds is 5. The molecular weight excluding hydrogens is 218 g/mol. The summed E-state index contributed by atoms with van der Waals surface area (Å²) in [6.45, 7) is 3.57. The van der Waals surface area contributed by atoms with Crippen molar-refractivity contribution in [3.8, 4) is 0 Å². The number of carbonyl (C=O) groups is 2. The van der Waals surface area contributed by atoms with Crippen LogP contribution in [-0.2, 0) is 20.9 Å². The molecule has 4 nitrogen and oxygen atoms in total. The first-order valence-electron chi connectivity index (χ1n) is 5.63. The minimum Gasteiger partial charge on any atom is -0.459 e. The predicted molar refractivity (Wildman–Crippen MR) is 64.1 cm³/mol. The van der Waals surface area contributed by atoms with E-state index in [1.54, 1.807) is 13.8 Å². The largest absolute Gasteiger partial charge is 0.459 e. The number of hydrogen-bond acceptors (Lipinski definition) is 3. The van der Waals surface area contributed by atoms with Crippen LogP contribution >= 0.6 is 0 Å². The Labute approximate surface area is 101 Å². The highest BCUT2D eigenvalue weighted by atomic mass is 16.5. The van der Waals surface area contributed by atoms with Gasteiger partial charge in [0.05, 0.1) is 0 Å². The molecule has 0 fully saturated rings. The third kappa shape index (κ3) is 4.68. The maximum Gasteiger partial charge on any atom is 0.328 e. The number of esters is 1. The van der Waals surface area contributed by atoms with Gasteiger partial charge in [-0.15, -0.1) is 0 Å². The zero-order valence-electron chi connectivity index (χ0n) is 10.1. The molecule has 0 aliphatic rings. The fraction of sp³-hybridized carbons (Fsp3) is 0.385. The summed E-state index contributed by atoms with van der Waals surface area (Å²) in [6, 6.07) is 8.81. The van der Waals surface area contributed by atoms with Crippen LogP contribution in [0.3, 0.4) is 0 Å². The minimum atomic E-state index is -0.605. The molecular formula is C13H17NO3. The van der Waals surface area contributed by atoms with Crippen molar-refractivity contribution in [3.05, 3.63) is 35.9 Å². The predicted octanol–water partition coefficient (Wildman–Crippen LogP) is 1.64. The summed E-state index contributed by atoms with van der Waals surface area (Å²) < 4.78 is 5.08. The number of ether oxygens (including phenoxy) is 1. The van der Waals surface area contributed by atoms with E-state index < -0.39 is 12.0 Å². The van der Waals surface area contributed by atoms with Crippen LogP contribution in [-0.4, -0.2) is 17.9 Å². The van der Waals surface area contributed by atoms with Gasteiger partial charge in [0, 0.05) is 6.42 Å². The summed E-state index contributed by atoms with van der Waals surface area (Å²) in [5.74, 6) is -0.579. The van der Waals surface area contributed by atoms with Gasteiger partial charge in [-0.05, 0) is 12.5 Å². The molecule has 0 aliphatic carbocycles. The van der Waals surface area contributed by atoms with Crippen molar-refractivity contribution >= 4 is 11.9 Å². The average Bonchev–Trinajstić information content (AvgIpc) is 2.36. The Balaban J connectivity index is 2.37. The lowest BCUT2D eigenvalue weighted by molar-refractivity contribution is -0.148. The number of nitrogens with one attached hydrogen (secondary N) is 1. The van der Waals surface area contributed by atoms with E-state index in [1.165, 1.54) is 0 Å². The lowest BCUT2D eigenvalue weighted by atomic mass is 10.2. The van der Waals surface area contributed by atoms with Gasteiger partial charge in [-0.3, -0.25) is 4.79 Å². The fourth-order valence-corrected chi connectivity index (χ4v) is 1.26. The van der Waals surface area contributed by atoms with Crippen molar-refractivity contribution in [1.29, 1.82) is 0 Å². The molecule has 92 valence electrons. The molecule has 1 aromatic rings. The molecule has 1 rings (SSSR count). The van der Waals surface area contributed by atoms with Crippen LogP contribution in [0.1, 0.15) is 25.8 Å². The molecule has 0 spiro atoms. The Bertz CT molecular complexity index is 376. The van der Waals surface area contributed by atoms with Gasteiger partial charge >= 0.3 is 5.97 Å². The number of hydrogen-bond donors (Lipinski definition) is 1. The van der Waals surface area contributed by atoms with Gasteiger partial charge in [0.15, 0.2) is 0 Å². The molecule has 17 heavy (non-hydrogen) atoms. The van der Waals surface area contributed by atoms with E-state index in [-0.39, 0.29) is 12.5 Å². The van der Waals surface area contributed by atoms with Crippen molar-refractivity contribution in [1.82, 2.24) is 5.32 Å². The summed E-state index contributed by atoms with van der Waals surface area (Å²) in [5.41, 5.74) is 0.926. The second-order valence-corrected chi connectivity index (χ2v) is 3.74. The van der Waals surface area contributed by atoms with Crippen molar-refractivity contribution in [2.75, 3.05) is 0 Å². The number of benzene rings is 1. The molecule has 1 atom stereocenters. The first-order chi connectivity index (χ1) is 8.13. The van der Waals surface area contributed by atoms with E-state index in [9.17, 15) is 9.59 Å². The lowest BCUT2D eigenvalue weighted by Crippen LogP contribution is -2.39. The van der Waals surface area contributed by atoms with Crippen LogP contribution in [0, 0.1) is 0 Å². The minimum absolute atomic E-state index is 0.158. The molecule has 1 aromatic carbocycles. The first kappa shape index (κ1) is 13.2. The van der Waals surface area contributed by atoms with E-state index in [4.69, 9.17) is 4.74 Å². The second kappa shape index (κ2) is 6.68. The fourth-order valence-electron chi connectivity index (χ4n) is 1.26. The van der Waals surface area contributed by atoms with Crippen LogP contribution in [0.5, 0.6) is 0 Å². The Morgan fingerprint density at radius 3 is 2.53 bits per heavy atom.